The Morgan fingerprint density at radius 3 is 2.62 bits per heavy atom. The van der Waals surface area contributed by atoms with Crippen molar-refractivity contribution in [3.8, 4) is 5.75 Å². The van der Waals surface area contributed by atoms with Crippen molar-refractivity contribution in [1.82, 2.24) is 0 Å². The van der Waals surface area contributed by atoms with Gasteiger partial charge in [0.1, 0.15) is 5.75 Å². The summed E-state index contributed by atoms with van der Waals surface area (Å²) in [5.41, 5.74) is 7.68. The Morgan fingerprint density at radius 2 is 2.08 bits per heavy atom. The van der Waals surface area contributed by atoms with Crippen LogP contribution in [0.2, 0.25) is 0 Å². The van der Waals surface area contributed by atoms with Gasteiger partial charge in [-0.05, 0) is 12.5 Å². The van der Waals surface area contributed by atoms with E-state index in [9.17, 15) is 0 Å². The lowest BCUT2D eigenvalue weighted by atomic mass is 10.1. The number of rotatable bonds is 2. The Hall–Kier alpha value is -1.38. The largest absolute Gasteiger partial charge is 0.497 e. The zero-order chi connectivity index (χ0) is 9.26. The zero-order valence-electron chi connectivity index (χ0n) is 7.79. The topological polar surface area (TPSA) is 38.5 Å². The molecule has 2 rings (SSSR count). The molecule has 1 saturated heterocycles. The third kappa shape index (κ3) is 1.54. The Morgan fingerprint density at radius 1 is 1.31 bits per heavy atom. The van der Waals surface area contributed by atoms with Crippen molar-refractivity contribution in [2.24, 2.45) is 0 Å². The predicted octanol–water partition coefficient (Wildman–Crippen LogP) is 1.49. The molecular formula is C10H14N2O. The average Bonchev–Trinajstić information content (AvgIpc) is 2.00. The van der Waals surface area contributed by atoms with Crippen LogP contribution < -0.4 is 15.4 Å². The highest BCUT2D eigenvalue weighted by Crippen LogP contribution is 2.27. The van der Waals surface area contributed by atoms with Crippen molar-refractivity contribution >= 4 is 11.4 Å². The highest BCUT2D eigenvalue weighted by Gasteiger charge is 2.15. The van der Waals surface area contributed by atoms with Crippen LogP contribution in [0.1, 0.15) is 6.42 Å². The molecule has 0 spiro atoms. The van der Waals surface area contributed by atoms with Crippen LogP contribution in [-0.4, -0.2) is 20.2 Å². The predicted molar refractivity (Wildman–Crippen MR) is 54.2 cm³/mol. The maximum atomic E-state index is 5.74. The summed E-state index contributed by atoms with van der Waals surface area (Å²) < 4.78 is 5.15. The van der Waals surface area contributed by atoms with Crippen LogP contribution >= 0.6 is 0 Å². The first-order chi connectivity index (χ1) is 6.29. The van der Waals surface area contributed by atoms with Gasteiger partial charge >= 0.3 is 0 Å². The molecule has 1 aliphatic rings. The highest BCUT2D eigenvalue weighted by atomic mass is 16.5. The molecule has 0 saturated carbocycles. The van der Waals surface area contributed by atoms with E-state index in [0.29, 0.717) is 0 Å². The van der Waals surface area contributed by atoms with Crippen molar-refractivity contribution in [2.45, 2.75) is 6.42 Å². The molecule has 0 unspecified atom stereocenters. The number of ether oxygens (including phenoxy) is 1. The van der Waals surface area contributed by atoms with Crippen molar-refractivity contribution < 1.29 is 4.74 Å². The van der Waals surface area contributed by atoms with Gasteiger partial charge in [0.15, 0.2) is 0 Å². The normalized spacial score (nSPS) is 15.3. The number of nitrogen functional groups attached to an aromatic ring is 1. The number of hydrogen-bond donors (Lipinski definition) is 1. The van der Waals surface area contributed by atoms with Gasteiger partial charge in [0, 0.05) is 36.6 Å². The van der Waals surface area contributed by atoms with Crippen LogP contribution in [0.4, 0.5) is 11.4 Å². The van der Waals surface area contributed by atoms with Crippen LogP contribution in [0.3, 0.4) is 0 Å². The standard InChI is InChI=1S/C10H14N2O/c1-13-10-6-8(11)5-9(7-10)12-3-2-4-12/h5-7H,2-4,11H2,1H3. The van der Waals surface area contributed by atoms with E-state index in [1.54, 1.807) is 7.11 Å². The van der Waals surface area contributed by atoms with E-state index in [1.807, 2.05) is 18.2 Å². The highest BCUT2D eigenvalue weighted by molar-refractivity contribution is 5.61. The summed E-state index contributed by atoms with van der Waals surface area (Å²) in [6, 6.07) is 5.85. The molecule has 0 aliphatic carbocycles. The fraction of sp³-hybridized carbons (Fsp3) is 0.400. The maximum Gasteiger partial charge on any atom is 0.122 e. The molecule has 3 nitrogen and oxygen atoms in total. The van der Waals surface area contributed by atoms with E-state index in [1.165, 1.54) is 12.1 Å². The molecule has 1 aliphatic heterocycles. The van der Waals surface area contributed by atoms with E-state index in [2.05, 4.69) is 4.90 Å². The van der Waals surface area contributed by atoms with E-state index in [0.717, 1.165) is 24.5 Å². The summed E-state index contributed by atoms with van der Waals surface area (Å²) in [5.74, 6) is 0.835. The number of anilines is 2. The van der Waals surface area contributed by atoms with Gasteiger partial charge in [-0.15, -0.1) is 0 Å². The van der Waals surface area contributed by atoms with Gasteiger partial charge in [-0.2, -0.15) is 0 Å². The van der Waals surface area contributed by atoms with Gasteiger partial charge in [-0.3, -0.25) is 0 Å². The van der Waals surface area contributed by atoms with E-state index < -0.39 is 0 Å². The molecule has 70 valence electrons. The average molecular weight is 178 g/mol. The Bertz CT molecular complexity index is 308. The smallest absolute Gasteiger partial charge is 0.122 e. The van der Waals surface area contributed by atoms with Gasteiger partial charge in [-0.25, -0.2) is 0 Å². The molecule has 1 fully saturated rings. The lowest BCUT2D eigenvalue weighted by Gasteiger charge is -2.33. The lowest BCUT2D eigenvalue weighted by Crippen LogP contribution is -2.36. The number of nitrogens with zero attached hydrogens (tertiary/aromatic N) is 1. The molecule has 0 atom stereocenters. The summed E-state index contributed by atoms with van der Waals surface area (Å²) in [7, 11) is 1.66. The summed E-state index contributed by atoms with van der Waals surface area (Å²) >= 11 is 0. The van der Waals surface area contributed by atoms with Crippen molar-refractivity contribution in [3.63, 3.8) is 0 Å². The minimum absolute atomic E-state index is 0.765. The van der Waals surface area contributed by atoms with Gasteiger partial charge < -0.3 is 15.4 Å². The first-order valence-corrected chi connectivity index (χ1v) is 4.49. The molecule has 13 heavy (non-hydrogen) atoms. The number of hydrogen-bond acceptors (Lipinski definition) is 3. The minimum Gasteiger partial charge on any atom is -0.497 e. The van der Waals surface area contributed by atoms with Gasteiger partial charge in [0.25, 0.3) is 0 Å². The fourth-order valence-electron chi connectivity index (χ4n) is 1.48. The molecule has 2 N–H and O–H groups in total. The second-order valence-corrected chi connectivity index (χ2v) is 3.30. The summed E-state index contributed by atoms with van der Waals surface area (Å²) in [6.45, 7) is 2.26. The Kier molecular flexibility index (Phi) is 2.00. The van der Waals surface area contributed by atoms with Crippen molar-refractivity contribution in [1.29, 1.82) is 0 Å². The van der Waals surface area contributed by atoms with Crippen LogP contribution in [0.5, 0.6) is 5.75 Å². The van der Waals surface area contributed by atoms with Gasteiger partial charge in [0.05, 0.1) is 7.11 Å². The molecule has 0 radical (unpaired) electrons. The van der Waals surface area contributed by atoms with Gasteiger partial charge in [0.2, 0.25) is 0 Å². The molecular weight excluding hydrogens is 164 g/mol. The number of nitrogens with two attached hydrogens (primary N) is 1. The molecule has 1 heterocycles. The summed E-state index contributed by atoms with van der Waals surface area (Å²) in [4.78, 5) is 2.29. The Labute approximate surface area is 78.1 Å². The number of methoxy groups -OCH3 is 1. The first-order valence-electron chi connectivity index (χ1n) is 4.49. The Balaban J connectivity index is 2.28. The summed E-state index contributed by atoms with van der Waals surface area (Å²) in [6.07, 6.45) is 1.27. The van der Waals surface area contributed by atoms with Crippen molar-refractivity contribution in [3.05, 3.63) is 18.2 Å². The third-order valence-electron chi connectivity index (χ3n) is 2.37. The quantitative estimate of drug-likeness (QED) is 0.697. The van der Waals surface area contributed by atoms with E-state index in [4.69, 9.17) is 10.5 Å². The van der Waals surface area contributed by atoms with Gasteiger partial charge in [-0.1, -0.05) is 0 Å². The monoisotopic (exact) mass is 178 g/mol. The molecule has 0 aromatic heterocycles. The lowest BCUT2D eigenvalue weighted by molar-refractivity contribution is 0.414. The summed E-state index contributed by atoms with van der Waals surface area (Å²) in [5, 5.41) is 0. The molecule has 1 aromatic carbocycles. The van der Waals surface area contributed by atoms with Crippen LogP contribution in [0.15, 0.2) is 18.2 Å². The second-order valence-electron chi connectivity index (χ2n) is 3.30. The van der Waals surface area contributed by atoms with E-state index in [-0.39, 0.29) is 0 Å². The third-order valence-corrected chi connectivity index (χ3v) is 2.37. The maximum absolute atomic E-state index is 5.74. The second kappa shape index (κ2) is 3.17. The molecule has 0 bridgehead atoms. The fourth-order valence-corrected chi connectivity index (χ4v) is 1.48. The minimum atomic E-state index is 0.765. The van der Waals surface area contributed by atoms with Crippen molar-refractivity contribution in [2.75, 3.05) is 30.8 Å². The molecule has 3 heteroatoms. The molecule has 0 amide bonds. The van der Waals surface area contributed by atoms with Crippen LogP contribution in [-0.2, 0) is 0 Å². The first kappa shape index (κ1) is 8.23. The van der Waals surface area contributed by atoms with E-state index >= 15 is 0 Å². The SMILES string of the molecule is COc1cc(N)cc(N2CCC2)c1. The zero-order valence-corrected chi connectivity index (χ0v) is 7.79. The van der Waals surface area contributed by atoms with Crippen LogP contribution in [0, 0.1) is 0 Å². The van der Waals surface area contributed by atoms with Crippen LogP contribution in [0.25, 0.3) is 0 Å². The number of benzene rings is 1. The molecule has 1 aromatic rings.